The third kappa shape index (κ3) is 3.12. The maximum Gasteiger partial charge on any atom is 0.0410 e. The molecule has 2 N–H and O–H groups in total. The highest BCUT2D eigenvalue weighted by Gasteiger charge is 2.30. The number of hydrogen-bond donors (Lipinski definition) is 1. The Morgan fingerprint density at radius 2 is 1.92 bits per heavy atom. The standard InChI is InChI=1S/C11H24N2/c1-7-11(4,13(5)6)10(12)8-9(2)3/h8,10H,7,12H2,1-6H3. The number of hydrogen-bond acceptors (Lipinski definition) is 2. The van der Waals surface area contributed by atoms with Gasteiger partial charge in [0.1, 0.15) is 0 Å². The zero-order valence-corrected chi connectivity index (χ0v) is 9.89. The van der Waals surface area contributed by atoms with Crippen LogP contribution in [0.2, 0.25) is 0 Å². The van der Waals surface area contributed by atoms with Crippen LogP contribution in [0.5, 0.6) is 0 Å². The second-order valence-corrected chi connectivity index (χ2v) is 4.37. The average molecular weight is 184 g/mol. The van der Waals surface area contributed by atoms with Gasteiger partial charge in [0.15, 0.2) is 0 Å². The molecule has 2 heteroatoms. The molecule has 0 rings (SSSR count). The lowest BCUT2D eigenvalue weighted by molar-refractivity contribution is 0.149. The summed E-state index contributed by atoms with van der Waals surface area (Å²) in [5.41, 5.74) is 7.50. The van der Waals surface area contributed by atoms with Crippen LogP contribution in [0.25, 0.3) is 0 Å². The van der Waals surface area contributed by atoms with Gasteiger partial charge in [0.25, 0.3) is 0 Å². The van der Waals surface area contributed by atoms with Crippen LogP contribution in [0, 0.1) is 0 Å². The molecular formula is C11H24N2. The van der Waals surface area contributed by atoms with Gasteiger partial charge in [-0.25, -0.2) is 0 Å². The van der Waals surface area contributed by atoms with Crippen molar-refractivity contribution in [1.29, 1.82) is 0 Å². The SMILES string of the molecule is CCC(C)(C(N)C=C(C)C)N(C)C. The first-order valence-corrected chi connectivity index (χ1v) is 4.92. The highest BCUT2D eigenvalue weighted by Crippen LogP contribution is 2.21. The fourth-order valence-electron chi connectivity index (χ4n) is 1.39. The zero-order chi connectivity index (χ0) is 10.6. The first-order chi connectivity index (χ1) is 5.84. The van der Waals surface area contributed by atoms with E-state index >= 15 is 0 Å². The van der Waals surface area contributed by atoms with Gasteiger partial charge in [0.05, 0.1) is 0 Å². The summed E-state index contributed by atoms with van der Waals surface area (Å²) in [4.78, 5) is 2.21. The molecule has 13 heavy (non-hydrogen) atoms. The van der Waals surface area contributed by atoms with E-state index in [2.05, 4.69) is 52.8 Å². The highest BCUT2D eigenvalue weighted by molar-refractivity contribution is 5.09. The predicted molar refractivity (Wildman–Crippen MR) is 59.8 cm³/mol. The normalized spacial score (nSPS) is 18.2. The minimum atomic E-state index is 0.0667. The molecule has 2 unspecified atom stereocenters. The number of likely N-dealkylation sites (N-methyl/N-ethyl adjacent to an activating group) is 1. The smallest absolute Gasteiger partial charge is 0.0410 e. The number of rotatable bonds is 4. The molecule has 0 saturated carbocycles. The lowest BCUT2D eigenvalue weighted by Gasteiger charge is -2.39. The van der Waals surface area contributed by atoms with E-state index in [-0.39, 0.29) is 11.6 Å². The molecule has 0 amide bonds. The van der Waals surface area contributed by atoms with Gasteiger partial charge in [-0.2, -0.15) is 0 Å². The van der Waals surface area contributed by atoms with Crippen molar-refractivity contribution in [3.8, 4) is 0 Å². The fourth-order valence-corrected chi connectivity index (χ4v) is 1.39. The summed E-state index contributed by atoms with van der Waals surface area (Å²) in [6, 6.07) is 0.109. The van der Waals surface area contributed by atoms with E-state index in [0.717, 1.165) is 6.42 Å². The van der Waals surface area contributed by atoms with E-state index in [1.54, 1.807) is 0 Å². The van der Waals surface area contributed by atoms with Crippen LogP contribution in [0.1, 0.15) is 34.1 Å². The molecule has 0 fully saturated rings. The van der Waals surface area contributed by atoms with Crippen LogP contribution in [0.3, 0.4) is 0 Å². The monoisotopic (exact) mass is 184 g/mol. The van der Waals surface area contributed by atoms with Crippen LogP contribution < -0.4 is 5.73 Å². The van der Waals surface area contributed by atoms with E-state index in [9.17, 15) is 0 Å². The van der Waals surface area contributed by atoms with Gasteiger partial charge in [-0.15, -0.1) is 0 Å². The second kappa shape index (κ2) is 4.77. The minimum absolute atomic E-state index is 0.0667. The van der Waals surface area contributed by atoms with Gasteiger partial charge >= 0.3 is 0 Å². The Bertz CT molecular complexity index is 181. The van der Waals surface area contributed by atoms with Crippen molar-refractivity contribution in [3.63, 3.8) is 0 Å². The predicted octanol–water partition coefficient (Wildman–Crippen LogP) is 2.01. The van der Waals surface area contributed by atoms with Crippen molar-refractivity contribution in [3.05, 3.63) is 11.6 Å². The maximum absolute atomic E-state index is 6.15. The summed E-state index contributed by atoms with van der Waals surface area (Å²) in [6.45, 7) is 8.56. The van der Waals surface area contributed by atoms with Crippen molar-refractivity contribution in [2.45, 2.75) is 45.7 Å². The summed E-state index contributed by atoms with van der Waals surface area (Å²) < 4.78 is 0. The van der Waals surface area contributed by atoms with E-state index in [4.69, 9.17) is 5.73 Å². The third-order valence-electron chi connectivity index (χ3n) is 2.97. The molecule has 0 aromatic rings. The van der Waals surface area contributed by atoms with Crippen molar-refractivity contribution in [2.75, 3.05) is 14.1 Å². The lowest BCUT2D eigenvalue weighted by atomic mass is 9.87. The summed E-state index contributed by atoms with van der Waals surface area (Å²) in [7, 11) is 4.17. The zero-order valence-electron chi connectivity index (χ0n) is 9.89. The van der Waals surface area contributed by atoms with E-state index in [1.807, 2.05) is 0 Å². The van der Waals surface area contributed by atoms with Gasteiger partial charge < -0.3 is 10.6 Å². The lowest BCUT2D eigenvalue weighted by Crippen LogP contribution is -2.54. The second-order valence-electron chi connectivity index (χ2n) is 4.37. The average Bonchev–Trinajstić information content (AvgIpc) is 2.01. The third-order valence-corrected chi connectivity index (χ3v) is 2.97. The Balaban J connectivity index is 4.67. The quantitative estimate of drug-likeness (QED) is 0.677. The summed E-state index contributed by atoms with van der Waals surface area (Å²) >= 11 is 0. The largest absolute Gasteiger partial charge is 0.323 e. The molecule has 2 nitrogen and oxygen atoms in total. The van der Waals surface area contributed by atoms with Crippen LogP contribution in [0.4, 0.5) is 0 Å². The molecule has 0 aromatic heterocycles. The van der Waals surface area contributed by atoms with Gasteiger partial charge in [-0.3, -0.25) is 0 Å². The van der Waals surface area contributed by atoms with Crippen LogP contribution in [0.15, 0.2) is 11.6 Å². The molecule has 0 heterocycles. The first-order valence-electron chi connectivity index (χ1n) is 4.92. The van der Waals surface area contributed by atoms with Crippen LogP contribution in [-0.2, 0) is 0 Å². The molecule has 0 aliphatic rings. The molecule has 78 valence electrons. The molecule has 0 aliphatic heterocycles. The van der Waals surface area contributed by atoms with Crippen molar-refractivity contribution < 1.29 is 0 Å². The highest BCUT2D eigenvalue weighted by atomic mass is 15.2. The van der Waals surface area contributed by atoms with Crippen molar-refractivity contribution in [2.24, 2.45) is 5.73 Å². The molecule has 0 aliphatic carbocycles. The van der Waals surface area contributed by atoms with Crippen LogP contribution in [-0.4, -0.2) is 30.6 Å². The molecule has 0 spiro atoms. The molecule has 0 aromatic carbocycles. The topological polar surface area (TPSA) is 29.3 Å². The number of nitrogens with two attached hydrogens (primary N) is 1. The maximum atomic E-state index is 6.15. The Labute approximate surface area is 82.8 Å². The van der Waals surface area contributed by atoms with Crippen molar-refractivity contribution >= 4 is 0 Å². The Morgan fingerprint density at radius 1 is 1.46 bits per heavy atom. The van der Waals surface area contributed by atoms with Gasteiger partial charge in [-0.1, -0.05) is 18.6 Å². The van der Waals surface area contributed by atoms with Crippen molar-refractivity contribution in [1.82, 2.24) is 4.90 Å². The Kier molecular flexibility index (Phi) is 4.65. The number of nitrogens with zero attached hydrogens (tertiary/aromatic N) is 1. The summed E-state index contributed by atoms with van der Waals surface area (Å²) in [6.07, 6.45) is 3.20. The Morgan fingerprint density at radius 3 is 2.15 bits per heavy atom. The molecule has 0 radical (unpaired) electrons. The summed E-state index contributed by atoms with van der Waals surface area (Å²) in [5, 5.41) is 0. The van der Waals surface area contributed by atoms with Gasteiger partial charge in [-0.05, 0) is 41.3 Å². The van der Waals surface area contributed by atoms with E-state index in [0.29, 0.717) is 0 Å². The van der Waals surface area contributed by atoms with Crippen LogP contribution >= 0.6 is 0 Å². The minimum Gasteiger partial charge on any atom is -0.323 e. The molecule has 0 saturated heterocycles. The first kappa shape index (κ1) is 12.7. The Hall–Kier alpha value is -0.340. The van der Waals surface area contributed by atoms with E-state index in [1.165, 1.54) is 5.57 Å². The molecular weight excluding hydrogens is 160 g/mol. The van der Waals surface area contributed by atoms with Gasteiger partial charge in [0.2, 0.25) is 0 Å². The fraction of sp³-hybridized carbons (Fsp3) is 0.818. The van der Waals surface area contributed by atoms with Gasteiger partial charge in [0, 0.05) is 11.6 Å². The molecule has 0 bridgehead atoms. The molecule has 2 atom stereocenters. The summed E-state index contributed by atoms with van der Waals surface area (Å²) in [5.74, 6) is 0. The van der Waals surface area contributed by atoms with E-state index < -0.39 is 0 Å². The number of allylic oxidation sites excluding steroid dienone is 1.